The molecule has 0 unspecified atom stereocenters. The van der Waals surface area contributed by atoms with Gasteiger partial charge in [-0.3, -0.25) is 14.7 Å². The zero-order chi connectivity index (χ0) is 13.1. The minimum atomic E-state index is -0.442. The highest BCUT2D eigenvalue weighted by Crippen LogP contribution is 2.28. The summed E-state index contributed by atoms with van der Waals surface area (Å²) in [6.45, 7) is 1.76. The Morgan fingerprint density at radius 2 is 2.28 bits per heavy atom. The predicted octanol–water partition coefficient (Wildman–Crippen LogP) is 1.30. The van der Waals surface area contributed by atoms with Crippen LogP contribution in [0.3, 0.4) is 0 Å². The maximum absolute atomic E-state index is 11.8. The van der Waals surface area contributed by atoms with Crippen LogP contribution >= 0.6 is 0 Å². The Balaban J connectivity index is 2.43. The van der Waals surface area contributed by atoms with Crippen LogP contribution in [0.4, 0.5) is 0 Å². The fourth-order valence-electron chi connectivity index (χ4n) is 1.96. The lowest BCUT2D eigenvalue weighted by atomic mass is 9.93. The molecule has 2 N–H and O–H groups in total. The number of furan rings is 1. The molecule has 0 aliphatic rings. The van der Waals surface area contributed by atoms with Gasteiger partial charge in [0.15, 0.2) is 0 Å². The van der Waals surface area contributed by atoms with Crippen LogP contribution in [0.1, 0.15) is 29.4 Å². The number of esters is 1. The zero-order valence-corrected chi connectivity index (χ0v) is 10.1. The summed E-state index contributed by atoms with van der Waals surface area (Å²) >= 11 is 0. The van der Waals surface area contributed by atoms with Crippen LogP contribution < -0.4 is 5.56 Å². The van der Waals surface area contributed by atoms with Gasteiger partial charge >= 0.3 is 5.97 Å². The molecule has 1 atom stereocenters. The normalized spacial score (nSPS) is 12.3. The van der Waals surface area contributed by atoms with E-state index in [1.54, 1.807) is 19.1 Å². The number of methoxy groups -OCH3 is 1. The first-order valence-electron chi connectivity index (χ1n) is 5.50. The minimum absolute atomic E-state index is 0.0613. The smallest absolute Gasteiger partial charge is 0.306 e. The van der Waals surface area contributed by atoms with Crippen LogP contribution in [0.2, 0.25) is 0 Å². The van der Waals surface area contributed by atoms with Crippen molar-refractivity contribution in [1.82, 2.24) is 10.2 Å². The van der Waals surface area contributed by atoms with Crippen LogP contribution in [0, 0.1) is 6.92 Å². The van der Waals surface area contributed by atoms with E-state index in [9.17, 15) is 9.59 Å². The molecule has 2 rings (SSSR count). The monoisotopic (exact) mass is 250 g/mol. The Kier molecular flexibility index (Phi) is 3.36. The first-order valence-corrected chi connectivity index (χ1v) is 5.50. The van der Waals surface area contributed by atoms with Gasteiger partial charge in [0.05, 0.1) is 31.3 Å². The van der Waals surface area contributed by atoms with Gasteiger partial charge in [0, 0.05) is 5.69 Å². The van der Waals surface area contributed by atoms with Crippen LogP contribution in [-0.2, 0) is 9.53 Å². The van der Waals surface area contributed by atoms with Gasteiger partial charge in [0.25, 0.3) is 5.56 Å². The number of carbonyl (C=O) groups excluding carboxylic acids is 1. The summed E-state index contributed by atoms with van der Waals surface area (Å²) in [4.78, 5) is 23.2. The molecule has 0 aliphatic carbocycles. The summed E-state index contributed by atoms with van der Waals surface area (Å²) in [7, 11) is 1.32. The average Bonchev–Trinajstić information content (AvgIpc) is 2.98. The van der Waals surface area contributed by atoms with Crippen molar-refractivity contribution in [2.24, 2.45) is 0 Å². The van der Waals surface area contributed by atoms with Crippen molar-refractivity contribution in [1.29, 1.82) is 0 Å². The Morgan fingerprint density at radius 1 is 1.50 bits per heavy atom. The molecule has 0 aliphatic heterocycles. The zero-order valence-electron chi connectivity index (χ0n) is 10.1. The molecule has 96 valence electrons. The number of rotatable bonds is 4. The van der Waals surface area contributed by atoms with Crippen LogP contribution in [0.5, 0.6) is 0 Å². The highest BCUT2D eigenvalue weighted by atomic mass is 16.5. The van der Waals surface area contributed by atoms with Gasteiger partial charge in [-0.15, -0.1) is 0 Å². The van der Waals surface area contributed by atoms with Gasteiger partial charge in [-0.05, 0) is 19.1 Å². The minimum Gasteiger partial charge on any atom is -0.469 e. The number of aryl methyl sites for hydroxylation is 1. The average molecular weight is 250 g/mol. The van der Waals surface area contributed by atoms with Gasteiger partial charge in [-0.25, -0.2) is 0 Å². The summed E-state index contributed by atoms with van der Waals surface area (Å²) in [5.74, 6) is -0.271. The highest BCUT2D eigenvalue weighted by molar-refractivity contribution is 5.71. The lowest BCUT2D eigenvalue weighted by molar-refractivity contribution is -0.140. The van der Waals surface area contributed by atoms with E-state index in [1.165, 1.54) is 13.4 Å². The standard InChI is InChI=1S/C12H14N2O4/c1-7-11(12(16)14-13-7)8(6-10(15)17-2)9-4-3-5-18-9/h3-5,8H,6H2,1-2H3,(H2,13,14,16)/t8-/m1/s1. The molecule has 0 bridgehead atoms. The van der Waals surface area contributed by atoms with Crippen molar-refractivity contribution in [2.45, 2.75) is 19.3 Å². The van der Waals surface area contributed by atoms with Crippen molar-refractivity contribution in [3.05, 3.63) is 45.8 Å². The van der Waals surface area contributed by atoms with E-state index in [1.807, 2.05) is 0 Å². The third-order valence-corrected chi connectivity index (χ3v) is 2.85. The number of carbonyl (C=O) groups is 1. The van der Waals surface area contributed by atoms with Crippen molar-refractivity contribution >= 4 is 5.97 Å². The molecule has 2 aromatic heterocycles. The molecule has 0 fully saturated rings. The van der Waals surface area contributed by atoms with Gasteiger partial charge in [0.1, 0.15) is 5.76 Å². The third-order valence-electron chi connectivity index (χ3n) is 2.85. The Morgan fingerprint density at radius 3 is 2.78 bits per heavy atom. The first-order chi connectivity index (χ1) is 8.63. The molecule has 0 aromatic carbocycles. The fraction of sp³-hybridized carbons (Fsp3) is 0.333. The molecular formula is C12H14N2O4. The van der Waals surface area contributed by atoms with E-state index in [-0.39, 0.29) is 12.0 Å². The SMILES string of the molecule is COC(=O)C[C@H](c1ccco1)c1c(C)[nH][nH]c1=O. The van der Waals surface area contributed by atoms with Crippen molar-refractivity contribution < 1.29 is 13.9 Å². The number of nitrogens with one attached hydrogen (secondary N) is 2. The Labute approximate surface area is 103 Å². The van der Waals surface area contributed by atoms with Crippen molar-refractivity contribution in [3.8, 4) is 0 Å². The molecule has 2 heterocycles. The van der Waals surface area contributed by atoms with Crippen molar-refractivity contribution in [2.75, 3.05) is 7.11 Å². The summed E-state index contributed by atoms with van der Waals surface area (Å²) in [6.07, 6.45) is 1.57. The summed E-state index contributed by atoms with van der Waals surface area (Å²) in [5.41, 5.74) is 0.929. The lowest BCUT2D eigenvalue weighted by Gasteiger charge is -2.11. The second-order valence-corrected chi connectivity index (χ2v) is 3.97. The number of aromatic amines is 2. The second kappa shape index (κ2) is 4.95. The third kappa shape index (κ3) is 2.22. The topological polar surface area (TPSA) is 88.1 Å². The predicted molar refractivity (Wildman–Crippen MR) is 63.3 cm³/mol. The summed E-state index contributed by atoms with van der Waals surface area (Å²) < 4.78 is 9.95. The van der Waals surface area contributed by atoms with E-state index in [4.69, 9.17) is 4.42 Å². The quantitative estimate of drug-likeness (QED) is 0.800. The maximum atomic E-state index is 11.8. The Hall–Kier alpha value is -2.24. The van der Waals surface area contributed by atoms with Gasteiger partial charge < -0.3 is 14.3 Å². The van der Waals surface area contributed by atoms with E-state index in [2.05, 4.69) is 14.9 Å². The highest BCUT2D eigenvalue weighted by Gasteiger charge is 2.26. The molecule has 0 saturated carbocycles. The van der Waals surface area contributed by atoms with Gasteiger partial charge in [-0.1, -0.05) is 0 Å². The second-order valence-electron chi connectivity index (χ2n) is 3.97. The number of hydrogen-bond acceptors (Lipinski definition) is 4. The number of ether oxygens (including phenoxy) is 1. The maximum Gasteiger partial charge on any atom is 0.306 e. The lowest BCUT2D eigenvalue weighted by Crippen LogP contribution is -2.16. The fourth-order valence-corrected chi connectivity index (χ4v) is 1.96. The van der Waals surface area contributed by atoms with E-state index >= 15 is 0 Å². The molecule has 2 aromatic rings. The molecule has 0 saturated heterocycles. The molecular weight excluding hydrogens is 236 g/mol. The van der Waals surface area contributed by atoms with Crippen molar-refractivity contribution in [3.63, 3.8) is 0 Å². The molecule has 6 nitrogen and oxygen atoms in total. The van der Waals surface area contributed by atoms with E-state index in [0.717, 1.165) is 0 Å². The summed E-state index contributed by atoms with van der Waals surface area (Å²) in [6, 6.07) is 3.45. The summed E-state index contributed by atoms with van der Waals surface area (Å²) in [5, 5.41) is 5.24. The largest absolute Gasteiger partial charge is 0.469 e. The molecule has 0 amide bonds. The molecule has 6 heteroatoms. The van der Waals surface area contributed by atoms with Crippen LogP contribution in [-0.4, -0.2) is 23.3 Å². The van der Waals surface area contributed by atoms with Gasteiger partial charge in [0.2, 0.25) is 0 Å². The number of hydrogen-bond donors (Lipinski definition) is 2. The van der Waals surface area contributed by atoms with Crippen LogP contribution in [0.25, 0.3) is 0 Å². The van der Waals surface area contributed by atoms with Crippen LogP contribution in [0.15, 0.2) is 27.6 Å². The molecule has 18 heavy (non-hydrogen) atoms. The Bertz CT molecular complexity index is 579. The molecule has 0 radical (unpaired) electrons. The van der Waals surface area contributed by atoms with E-state index in [0.29, 0.717) is 17.0 Å². The number of H-pyrrole nitrogens is 2. The first kappa shape index (κ1) is 12.2. The van der Waals surface area contributed by atoms with Gasteiger partial charge in [-0.2, -0.15) is 0 Å². The number of aromatic nitrogens is 2. The molecule has 0 spiro atoms. The van der Waals surface area contributed by atoms with E-state index < -0.39 is 11.9 Å².